The Hall–Kier alpha value is -1.55. The van der Waals surface area contributed by atoms with Gasteiger partial charge in [-0.25, -0.2) is 0 Å². The van der Waals surface area contributed by atoms with E-state index in [4.69, 9.17) is 9.47 Å². The molecule has 0 N–H and O–H groups in total. The predicted molar refractivity (Wildman–Crippen MR) is 127 cm³/mol. The molecule has 1 spiro atoms. The van der Waals surface area contributed by atoms with Crippen molar-refractivity contribution in [1.82, 2.24) is 4.90 Å². The molecule has 0 aromatic carbocycles. The number of ether oxygens (including phenoxy) is 2. The first kappa shape index (κ1) is 20.8. The fourth-order valence-corrected chi connectivity index (χ4v) is 8.88. The summed E-state index contributed by atoms with van der Waals surface area (Å²) in [4.78, 5) is 15.6. The number of piperidine rings is 1. The molecule has 6 fully saturated rings. The van der Waals surface area contributed by atoms with Gasteiger partial charge in [-0.15, -0.1) is 0 Å². The van der Waals surface area contributed by atoms with Gasteiger partial charge in [-0.3, -0.25) is 9.69 Å². The second kappa shape index (κ2) is 7.73. The lowest BCUT2D eigenvalue weighted by Gasteiger charge is -2.62. The molecule has 6 atom stereocenters. The zero-order valence-corrected chi connectivity index (χ0v) is 20.0. The Bertz CT molecular complexity index is 910. The Morgan fingerprint density at radius 1 is 1.18 bits per heavy atom. The van der Waals surface area contributed by atoms with E-state index in [0.29, 0.717) is 41.9 Å². The van der Waals surface area contributed by atoms with Crippen LogP contribution in [-0.4, -0.2) is 36.1 Å². The second-order valence-electron chi connectivity index (χ2n) is 12.3. The summed E-state index contributed by atoms with van der Waals surface area (Å²) in [6.45, 7) is 6.99. The first-order valence-electron chi connectivity index (χ1n) is 13.8. The number of allylic oxidation sites excluding steroid dienone is 3. The maximum Gasteiger partial charge on any atom is 0.311 e. The Morgan fingerprint density at radius 3 is 2.85 bits per heavy atom. The van der Waals surface area contributed by atoms with Crippen molar-refractivity contribution >= 4 is 5.97 Å². The van der Waals surface area contributed by atoms with E-state index in [-0.39, 0.29) is 17.5 Å². The first-order valence-corrected chi connectivity index (χ1v) is 13.8. The molecule has 5 aliphatic carbocycles. The van der Waals surface area contributed by atoms with Crippen LogP contribution in [-0.2, 0) is 14.3 Å². The molecular formula is C29H39NO3. The number of rotatable bonds is 6. The van der Waals surface area contributed by atoms with Crippen LogP contribution in [0.2, 0.25) is 0 Å². The Morgan fingerprint density at radius 2 is 2.03 bits per heavy atom. The molecule has 178 valence electrons. The van der Waals surface area contributed by atoms with Gasteiger partial charge in [0.2, 0.25) is 0 Å². The van der Waals surface area contributed by atoms with Crippen LogP contribution in [0.3, 0.4) is 0 Å². The Labute approximate surface area is 198 Å². The molecule has 0 radical (unpaired) electrons. The monoisotopic (exact) mass is 449 g/mol. The molecular weight excluding hydrogens is 410 g/mol. The van der Waals surface area contributed by atoms with Crippen molar-refractivity contribution < 1.29 is 14.3 Å². The molecule has 4 unspecified atom stereocenters. The quantitative estimate of drug-likeness (QED) is 0.382. The van der Waals surface area contributed by atoms with E-state index in [1.54, 1.807) is 0 Å². The summed E-state index contributed by atoms with van der Waals surface area (Å²) in [6.07, 6.45) is 18.9. The summed E-state index contributed by atoms with van der Waals surface area (Å²) in [6, 6.07) is 0.680. The molecule has 2 heterocycles. The van der Waals surface area contributed by atoms with E-state index in [1.807, 2.05) is 0 Å². The topological polar surface area (TPSA) is 38.8 Å². The third-order valence-corrected chi connectivity index (χ3v) is 10.5. The third kappa shape index (κ3) is 3.22. The van der Waals surface area contributed by atoms with Crippen molar-refractivity contribution in [2.75, 3.05) is 13.1 Å². The van der Waals surface area contributed by atoms with E-state index in [9.17, 15) is 4.79 Å². The minimum absolute atomic E-state index is 0.0770. The van der Waals surface area contributed by atoms with E-state index >= 15 is 0 Å². The van der Waals surface area contributed by atoms with Crippen LogP contribution >= 0.6 is 0 Å². The molecule has 0 aromatic heterocycles. The molecule has 4 saturated carbocycles. The second-order valence-corrected chi connectivity index (χ2v) is 12.3. The third-order valence-electron chi connectivity index (χ3n) is 10.5. The highest BCUT2D eigenvalue weighted by atomic mass is 16.6. The summed E-state index contributed by atoms with van der Waals surface area (Å²) in [5.41, 5.74) is 1.43. The largest absolute Gasteiger partial charge is 0.486 e. The standard InChI is InChI=1S/C29H39NO3/c1-18-6-11-22-23-16-21-10-12-24(32-25(31)13-9-19-4-2-3-5-19)27-26(21)29(22,28(18)33-27)14-15-30(23)17-20-7-8-20/h10,12,19-23,26,28H,1-9,11,13-17H2/t21?,22?,23?,26?,28-,29-/m0/s1. The van der Waals surface area contributed by atoms with Gasteiger partial charge >= 0.3 is 5.97 Å². The van der Waals surface area contributed by atoms with Crippen LogP contribution in [0.25, 0.3) is 0 Å². The summed E-state index contributed by atoms with van der Waals surface area (Å²) >= 11 is 0. The molecule has 33 heavy (non-hydrogen) atoms. The molecule has 2 bridgehead atoms. The lowest BCUT2D eigenvalue weighted by molar-refractivity contribution is -0.140. The van der Waals surface area contributed by atoms with Crippen molar-refractivity contribution in [1.29, 1.82) is 0 Å². The highest BCUT2D eigenvalue weighted by Gasteiger charge is 2.69. The maximum atomic E-state index is 12.8. The number of carbonyl (C=O) groups excluding carboxylic acids is 1. The average Bonchev–Trinajstić information content (AvgIpc) is 3.33. The number of likely N-dealkylation sites (tertiary alicyclic amines) is 1. The van der Waals surface area contributed by atoms with E-state index in [1.165, 1.54) is 76.5 Å². The number of nitrogens with zero attached hydrogens (tertiary/aromatic N) is 1. The van der Waals surface area contributed by atoms with Gasteiger partial charge in [-0.2, -0.15) is 0 Å². The predicted octanol–water partition coefficient (Wildman–Crippen LogP) is 5.75. The van der Waals surface area contributed by atoms with Gasteiger partial charge in [0.25, 0.3) is 0 Å². The molecule has 7 aliphatic rings. The molecule has 2 saturated heterocycles. The summed E-state index contributed by atoms with van der Waals surface area (Å²) in [7, 11) is 0. The van der Waals surface area contributed by atoms with Gasteiger partial charge < -0.3 is 9.47 Å². The van der Waals surface area contributed by atoms with Gasteiger partial charge in [0.15, 0.2) is 5.76 Å². The maximum absolute atomic E-state index is 12.8. The van der Waals surface area contributed by atoms with Gasteiger partial charge in [-0.1, -0.05) is 38.3 Å². The molecule has 2 aliphatic heterocycles. The molecule has 0 aromatic rings. The molecule has 7 rings (SSSR count). The summed E-state index contributed by atoms with van der Waals surface area (Å²) in [5.74, 6) is 4.83. The van der Waals surface area contributed by atoms with Crippen LogP contribution in [0.1, 0.15) is 77.0 Å². The van der Waals surface area contributed by atoms with Crippen molar-refractivity contribution in [3.8, 4) is 0 Å². The minimum Gasteiger partial charge on any atom is -0.486 e. The van der Waals surface area contributed by atoms with Gasteiger partial charge in [0.1, 0.15) is 11.9 Å². The lowest BCUT2D eigenvalue weighted by Crippen LogP contribution is -2.65. The minimum atomic E-state index is -0.0770. The summed E-state index contributed by atoms with van der Waals surface area (Å²) in [5, 5.41) is 0. The van der Waals surface area contributed by atoms with Crippen LogP contribution in [0.4, 0.5) is 0 Å². The van der Waals surface area contributed by atoms with Crippen LogP contribution in [0.5, 0.6) is 0 Å². The van der Waals surface area contributed by atoms with Crippen molar-refractivity contribution in [3.63, 3.8) is 0 Å². The van der Waals surface area contributed by atoms with Gasteiger partial charge in [-0.05, 0) is 86.8 Å². The molecule has 4 heteroatoms. The highest BCUT2D eigenvalue weighted by Crippen LogP contribution is 2.69. The van der Waals surface area contributed by atoms with Crippen molar-refractivity contribution in [2.24, 2.45) is 35.0 Å². The average molecular weight is 450 g/mol. The van der Waals surface area contributed by atoms with Crippen LogP contribution in [0.15, 0.2) is 35.8 Å². The highest BCUT2D eigenvalue weighted by molar-refractivity contribution is 5.71. The van der Waals surface area contributed by atoms with Crippen LogP contribution in [0, 0.1) is 35.0 Å². The molecule has 0 amide bonds. The lowest BCUT2D eigenvalue weighted by atomic mass is 9.46. The fraction of sp³-hybridized carbons (Fsp3) is 0.759. The normalized spacial score (nSPS) is 41.8. The van der Waals surface area contributed by atoms with Crippen molar-refractivity contribution in [2.45, 2.75) is 89.2 Å². The fourth-order valence-electron chi connectivity index (χ4n) is 8.88. The van der Waals surface area contributed by atoms with Crippen LogP contribution < -0.4 is 0 Å². The van der Waals surface area contributed by atoms with E-state index in [0.717, 1.165) is 24.5 Å². The zero-order valence-electron chi connectivity index (χ0n) is 20.0. The number of hydrogen-bond donors (Lipinski definition) is 0. The van der Waals surface area contributed by atoms with E-state index in [2.05, 4.69) is 23.6 Å². The Balaban J connectivity index is 1.16. The van der Waals surface area contributed by atoms with Gasteiger partial charge in [0, 0.05) is 30.3 Å². The first-order chi connectivity index (χ1) is 16.1. The van der Waals surface area contributed by atoms with E-state index < -0.39 is 0 Å². The summed E-state index contributed by atoms with van der Waals surface area (Å²) < 4.78 is 12.8. The molecule has 4 nitrogen and oxygen atoms in total. The number of hydrogen-bond acceptors (Lipinski definition) is 4. The number of carbonyl (C=O) groups is 1. The smallest absolute Gasteiger partial charge is 0.311 e. The van der Waals surface area contributed by atoms with Gasteiger partial charge in [0.05, 0.1) is 0 Å². The van der Waals surface area contributed by atoms with Crippen molar-refractivity contribution in [3.05, 3.63) is 35.8 Å². The zero-order chi connectivity index (χ0) is 22.2. The Kier molecular flexibility index (Phi) is 4.87. The SMILES string of the molecule is C=C1CCC2C3CC4C=CC(OC(=O)CCC5CCCC5)=C5O[C@@H]1[C@]2(CCN3CC1CC1)C54. The number of esters is 1.